The molecule has 1 saturated heterocycles. The Kier molecular flexibility index (Phi) is 4.14. The normalized spacial score (nSPS) is 18.7. The summed E-state index contributed by atoms with van der Waals surface area (Å²) in [6.07, 6.45) is 1.39. The molecule has 2 rings (SSSR count). The van der Waals surface area contributed by atoms with Crippen LogP contribution < -0.4 is 19.5 Å². The first-order valence-corrected chi connectivity index (χ1v) is 6.26. The summed E-state index contributed by atoms with van der Waals surface area (Å²) in [5.74, 6) is 2.28. The number of carbonyl (C=O) groups excluding carboxylic acids is 1. The number of amides is 1. The summed E-state index contributed by atoms with van der Waals surface area (Å²) in [4.78, 5) is 11.2. The van der Waals surface area contributed by atoms with Crippen molar-refractivity contribution in [3.05, 3.63) is 17.7 Å². The Morgan fingerprint density at radius 1 is 1.11 bits per heavy atom. The number of rotatable bonds is 4. The smallest absolute Gasteiger partial charge is 0.220 e. The number of methoxy groups -OCH3 is 3. The van der Waals surface area contributed by atoms with E-state index in [1.807, 2.05) is 12.1 Å². The van der Waals surface area contributed by atoms with Gasteiger partial charge in [-0.15, -0.1) is 0 Å². The zero-order valence-corrected chi connectivity index (χ0v) is 11.5. The molecule has 0 bridgehead atoms. The molecular formula is C14H19NO4. The SMILES string of the molecule is COc1cc(C2CCC(=O)NC2)cc(OC)c1OC. The number of benzene rings is 1. The summed E-state index contributed by atoms with van der Waals surface area (Å²) < 4.78 is 16.0. The monoisotopic (exact) mass is 265 g/mol. The van der Waals surface area contributed by atoms with Crippen LogP contribution in [0.3, 0.4) is 0 Å². The van der Waals surface area contributed by atoms with Crippen LogP contribution in [0.1, 0.15) is 24.3 Å². The highest BCUT2D eigenvalue weighted by atomic mass is 16.5. The lowest BCUT2D eigenvalue weighted by Crippen LogP contribution is -2.33. The number of hydrogen-bond acceptors (Lipinski definition) is 4. The van der Waals surface area contributed by atoms with Gasteiger partial charge in [0.25, 0.3) is 0 Å². The van der Waals surface area contributed by atoms with E-state index in [4.69, 9.17) is 14.2 Å². The fourth-order valence-electron chi connectivity index (χ4n) is 2.35. The van der Waals surface area contributed by atoms with Gasteiger partial charge in [0.1, 0.15) is 0 Å². The second-order valence-electron chi connectivity index (χ2n) is 4.50. The van der Waals surface area contributed by atoms with E-state index in [1.165, 1.54) is 0 Å². The lowest BCUT2D eigenvalue weighted by molar-refractivity contribution is -0.122. The molecule has 1 aromatic carbocycles. The van der Waals surface area contributed by atoms with E-state index >= 15 is 0 Å². The van der Waals surface area contributed by atoms with Gasteiger partial charge in [0.2, 0.25) is 11.7 Å². The summed E-state index contributed by atoms with van der Waals surface area (Å²) in [5.41, 5.74) is 1.09. The number of piperidine rings is 1. The van der Waals surface area contributed by atoms with E-state index in [-0.39, 0.29) is 11.8 Å². The molecule has 5 nitrogen and oxygen atoms in total. The van der Waals surface area contributed by atoms with Crippen LogP contribution >= 0.6 is 0 Å². The van der Waals surface area contributed by atoms with Crippen molar-refractivity contribution in [2.45, 2.75) is 18.8 Å². The van der Waals surface area contributed by atoms with E-state index in [0.29, 0.717) is 30.2 Å². The molecule has 19 heavy (non-hydrogen) atoms. The number of nitrogens with one attached hydrogen (secondary N) is 1. The van der Waals surface area contributed by atoms with E-state index in [2.05, 4.69) is 5.32 Å². The highest BCUT2D eigenvalue weighted by molar-refractivity contribution is 5.77. The summed E-state index contributed by atoms with van der Waals surface area (Å²) in [5, 5.41) is 2.88. The van der Waals surface area contributed by atoms with Gasteiger partial charge >= 0.3 is 0 Å². The summed E-state index contributed by atoms with van der Waals surface area (Å²) in [6, 6.07) is 3.90. The quantitative estimate of drug-likeness (QED) is 0.900. The van der Waals surface area contributed by atoms with Crippen molar-refractivity contribution in [1.82, 2.24) is 5.32 Å². The van der Waals surface area contributed by atoms with E-state index < -0.39 is 0 Å². The van der Waals surface area contributed by atoms with Crippen LogP contribution in [-0.4, -0.2) is 33.8 Å². The average Bonchev–Trinajstić information content (AvgIpc) is 2.46. The first-order chi connectivity index (χ1) is 9.19. The Morgan fingerprint density at radius 3 is 2.16 bits per heavy atom. The highest BCUT2D eigenvalue weighted by Crippen LogP contribution is 2.40. The van der Waals surface area contributed by atoms with Crippen LogP contribution in [-0.2, 0) is 4.79 Å². The minimum Gasteiger partial charge on any atom is -0.493 e. The fourth-order valence-corrected chi connectivity index (χ4v) is 2.35. The Hall–Kier alpha value is -1.91. The van der Waals surface area contributed by atoms with E-state index in [1.54, 1.807) is 21.3 Å². The van der Waals surface area contributed by atoms with Crippen LogP contribution in [0.2, 0.25) is 0 Å². The predicted molar refractivity (Wildman–Crippen MR) is 71.1 cm³/mol. The van der Waals surface area contributed by atoms with Crippen molar-refractivity contribution < 1.29 is 19.0 Å². The average molecular weight is 265 g/mol. The molecule has 1 aromatic rings. The van der Waals surface area contributed by atoms with Gasteiger partial charge in [-0.1, -0.05) is 0 Å². The molecule has 0 saturated carbocycles. The maximum absolute atomic E-state index is 11.2. The zero-order chi connectivity index (χ0) is 13.8. The largest absolute Gasteiger partial charge is 0.493 e. The van der Waals surface area contributed by atoms with Gasteiger partial charge in [0.15, 0.2) is 11.5 Å². The lowest BCUT2D eigenvalue weighted by atomic mass is 9.91. The lowest BCUT2D eigenvalue weighted by Gasteiger charge is -2.24. The number of hydrogen-bond donors (Lipinski definition) is 1. The molecule has 0 radical (unpaired) electrons. The molecule has 1 aliphatic heterocycles. The second kappa shape index (κ2) is 5.82. The van der Waals surface area contributed by atoms with Crippen molar-refractivity contribution in [3.8, 4) is 17.2 Å². The second-order valence-corrected chi connectivity index (χ2v) is 4.50. The molecule has 1 N–H and O–H groups in total. The maximum atomic E-state index is 11.2. The van der Waals surface area contributed by atoms with Gasteiger partial charge in [0, 0.05) is 18.9 Å². The van der Waals surface area contributed by atoms with Crippen molar-refractivity contribution in [2.75, 3.05) is 27.9 Å². The van der Waals surface area contributed by atoms with Gasteiger partial charge in [-0.2, -0.15) is 0 Å². The molecule has 0 spiro atoms. The summed E-state index contributed by atoms with van der Waals surface area (Å²) >= 11 is 0. The van der Waals surface area contributed by atoms with E-state index in [0.717, 1.165) is 12.0 Å². The van der Waals surface area contributed by atoms with E-state index in [9.17, 15) is 4.79 Å². The van der Waals surface area contributed by atoms with Gasteiger partial charge in [0.05, 0.1) is 21.3 Å². The topological polar surface area (TPSA) is 56.8 Å². The van der Waals surface area contributed by atoms with Gasteiger partial charge in [-0.3, -0.25) is 4.79 Å². The van der Waals surface area contributed by atoms with Crippen LogP contribution in [0.15, 0.2) is 12.1 Å². The van der Waals surface area contributed by atoms with Gasteiger partial charge < -0.3 is 19.5 Å². The molecule has 0 aliphatic carbocycles. The third-order valence-electron chi connectivity index (χ3n) is 3.42. The minimum absolute atomic E-state index is 0.115. The first-order valence-electron chi connectivity index (χ1n) is 6.26. The van der Waals surface area contributed by atoms with Crippen LogP contribution in [0.25, 0.3) is 0 Å². The molecule has 1 unspecified atom stereocenters. The Morgan fingerprint density at radius 2 is 1.74 bits per heavy atom. The van der Waals surface area contributed by atoms with Crippen molar-refractivity contribution in [2.24, 2.45) is 0 Å². The standard InChI is InChI=1S/C14H19NO4/c1-17-11-6-10(7-12(18-2)14(11)19-3)9-4-5-13(16)15-8-9/h6-7,9H,4-5,8H2,1-3H3,(H,15,16). The molecule has 1 atom stereocenters. The van der Waals surface area contributed by atoms with Crippen LogP contribution in [0.5, 0.6) is 17.2 Å². The Balaban J connectivity index is 2.33. The summed E-state index contributed by atoms with van der Waals surface area (Å²) in [6.45, 7) is 0.650. The molecule has 104 valence electrons. The van der Waals surface area contributed by atoms with Crippen molar-refractivity contribution in [1.29, 1.82) is 0 Å². The fraction of sp³-hybridized carbons (Fsp3) is 0.500. The Bertz CT molecular complexity index is 438. The van der Waals surface area contributed by atoms with Gasteiger partial charge in [-0.25, -0.2) is 0 Å². The maximum Gasteiger partial charge on any atom is 0.220 e. The summed E-state index contributed by atoms with van der Waals surface area (Å²) in [7, 11) is 4.79. The molecule has 5 heteroatoms. The predicted octanol–water partition coefficient (Wildman–Crippen LogP) is 1.71. The Labute approximate surface area is 112 Å². The van der Waals surface area contributed by atoms with Crippen LogP contribution in [0, 0.1) is 0 Å². The van der Waals surface area contributed by atoms with Crippen LogP contribution in [0.4, 0.5) is 0 Å². The highest BCUT2D eigenvalue weighted by Gasteiger charge is 2.22. The van der Waals surface area contributed by atoms with Crippen molar-refractivity contribution in [3.63, 3.8) is 0 Å². The van der Waals surface area contributed by atoms with Gasteiger partial charge in [-0.05, 0) is 24.1 Å². The first kappa shape index (κ1) is 13.5. The number of carbonyl (C=O) groups is 1. The minimum atomic E-state index is 0.115. The third kappa shape index (κ3) is 2.75. The molecule has 1 aliphatic rings. The third-order valence-corrected chi connectivity index (χ3v) is 3.42. The molecule has 1 heterocycles. The molecular weight excluding hydrogens is 246 g/mol. The molecule has 0 aromatic heterocycles. The number of ether oxygens (including phenoxy) is 3. The molecule has 1 amide bonds. The molecule has 1 fully saturated rings. The zero-order valence-electron chi connectivity index (χ0n) is 11.5. The van der Waals surface area contributed by atoms with Crippen molar-refractivity contribution >= 4 is 5.91 Å².